The molecule has 2 aliphatic rings. The van der Waals surface area contributed by atoms with Gasteiger partial charge < -0.3 is 45.8 Å². The van der Waals surface area contributed by atoms with E-state index in [-0.39, 0.29) is 51.6 Å². The van der Waals surface area contributed by atoms with Crippen molar-refractivity contribution in [3.05, 3.63) is 128 Å². The van der Waals surface area contributed by atoms with Gasteiger partial charge in [-0.1, -0.05) is 36.4 Å². The number of carbonyl (C=O) groups is 1. The number of pyridine rings is 2. The summed E-state index contributed by atoms with van der Waals surface area (Å²) in [5, 5.41) is 44.4. The lowest BCUT2D eigenvalue weighted by atomic mass is 9.61. The minimum atomic E-state index is -1.35. The molecular formula is C42H42N4O9. The van der Waals surface area contributed by atoms with Crippen LogP contribution in [0.25, 0.3) is 17.0 Å². The van der Waals surface area contributed by atoms with Crippen molar-refractivity contribution < 1.29 is 39.1 Å². The van der Waals surface area contributed by atoms with Crippen LogP contribution in [-0.4, -0.2) is 54.7 Å². The van der Waals surface area contributed by atoms with E-state index in [4.69, 9.17) is 25.4 Å². The number of esters is 1. The second-order valence-electron chi connectivity index (χ2n) is 14.3. The van der Waals surface area contributed by atoms with Gasteiger partial charge >= 0.3 is 5.97 Å². The number of aromatic nitrogens is 2. The van der Waals surface area contributed by atoms with Crippen LogP contribution in [0.2, 0.25) is 0 Å². The van der Waals surface area contributed by atoms with Crippen molar-refractivity contribution in [2.75, 3.05) is 18.1 Å². The van der Waals surface area contributed by atoms with Gasteiger partial charge in [0.2, 0.25) is 0 Å². The number of nitrogen functional groups attached to an aromatic ring is 2. The minimum Gasteiger partial charge on any atom is -0.508 e. The molecule has 1 aliphatic heterocycles. The molecule has 0 saturated carbocycles. The Balaban J connectivity index is 1.56. The minimum absolute atomic E-state index is 0.0498. The molecule has 0 fully saturated rings. The predicted octanol–water partition coefficient (Wildman–Crippen LogP) is 4.94. The van der Waals surface area contributed by atoms with Gasteiger partial charge in [0, 0.05) is 58.5 Å². The smallest absolute Gasteiger partial charge is 0.333 e. The fourth-order valence-electron chi connectivity index (χ4n) is 7.77. The number of nitrogens with zero attached hydrogens (tertiary/aromatic N) is 2. The molecule has 284 valence electrons. The van der Waals surface area contributed by atoms with Crippen LogP contribution in [0, 0.1) is 0 Å². The summed E-state index contributed by atoms with van der Waals surface area (Å²) >= 11 is 0. The summed E-state index contributed by atoms with van der Waals surface area (Å²) in [4.78, 5) is 35.8. The maximum atomic E-state index is 13.9. The lowest BCUT2D eigenvalue weighted by Crippen LogP contribution is -2.52. The Kier molecular flexibility index (Phi) is 9.61. The van der Waals surface area contributed by atoms with Gasteiger partial charge in [-0.15, -0.1) is 0 Å². The highest BCUT2D eigenvalue weighted by molar-refractivity contribution is 5.93. The first-order chi connectivity index (χ1) is 26.3. The molecule has 1 aliphatic carbocycles. The summed E-state index contributed by atoms with van der Waals surface area (Å²) in [7, 11) is 0. The Labute approximate surface area is 316 Å². The molecule has 3 aromatic heterocycles. The Morgan fingerprint density at radius 2 is 1.91 bits per heavy atom. The van der Waals surface area contributed by atoms with E-state index in [0.717, 1.165) is 11.6 Å². The number of fused-ring (bicyclic) bond motifs is 3. The molecular weight excluding hydrogens is 704 g/mol. The number of ether oxygens (including phenoxy) is 2. The number of carbonyl (C=O) groups excluding carboxylic acids is 1. The maximum absolute atomic E-state index is 13.9. The highest BCUT2D eigenvalue weighted by Crippen LogP contribution is 2.57. The fraction of sp³-hybridized carbons (Fsp3) is 0.286. The Morgan fingerprint density at radius 3 is 2.60 bits per heavy atom. The molecule has 7 rings (SSSR count). The van der Waals surface area contributed by atoms with Gasteiger partial charge in [0.1, 0.15) is 63.9 Å². The molecule has 4 unspecified atom stereocenters. The second-order valence-corrected chi connectivity index (χ2v) is 14.3. The molecule has 0 spiro atoms. The summed E-state index contributed by atoms with van der Waals surface area (Å²) in [6, 6.07) is 12.8. The van der Waals surface area contributed by atoms with Gasteiger partial charge in [-0.3, -0.25) is 4.79 Å². The van der Waals surface area contributed by atoms with E-state index in [9.17, 15) is 30.0 Å². The number of aliphatic hydroxyl groups excluding tert-OH is 2. The highest BCUT2D eigenvalue weighted by Gasteiger charge is 2.51. The summed E-state index contributed by atoms with van der Waals surface area (Å²) < 4.78 is 19.5. The van der Waals surface area contributed by atoms with Gasteiger partial charge in [-0.2, -0.15) is 0 Å². The maximum Gasteiger partial charge on any atom is 0.333 e. The van der Waals surface area contributed by atoms with E-state index >= 15 is 0 Å². The summed E-state index contributed by atoms with van der Waals surface area (Å²) in [5.74, 6) is -1.41. The van der Waals surface area contributed by atoms with Crippen molar-refractivity contribution in [2.45, 2.75) is 69.7 Å². The molecule has 2 aromatic carbocycles. The van der Waals surface area contributed by atoms with Crippen LogP contribution in [0.5, 0.6) is 17.2 Å². The number of aryl methyl sites for hydroxylation is 1. The molecule has 4 heterocycles. The molecule has 0 saturated heterocycles. The van der Waals surface area contributed by atoms with E-state index in [2.05, 4.69) is 9.97 Å². The third-order valence-corrected chi connectivity index (χ3v) is 11.0. The average molecular weight is 747 g/mol. The molecule has 55 heavy (non-hydrogen) atoms. The fourth-order valence-corrected chi connectivity index (χ4v) is 7.77. The van der Waals surface area contributed by atoms with E-state index in [0.29, 0.717) is 40.9 Å². The van der Waals surface area contributed by atoms with Crippen LogP contribution in [0.3, 0.4) is 0 Å². The summed E-state index contributed by atoms with van der Waals surface area (Å²) in [6.07, 6.45) is 8.03. The number of anilines is 2. The van der Waals surface area contributed by atoms with Crippen LogP contribution < -0.4 is 21.6 Å². The van der Waals surface area contributed by atoms with Crippen LogP contribution in [0.1, 0.15) is 72.3 Å². The number of rotatable bonds is 9. The SMILES string of the molecule is CC=C(C)C(=O)OC1Cc2c(c(C3c4ccnc(N)c4C=CC3(CO)c3cccc(O)c3)c3oc(CO)cc(=O)c3c2O)OC1(C)CCc1ccc(N)nc1. The topological polar surface area (TPSA) is 224 Å². The lowest BCUT2D eigenvalue weighted by Gasteiger charge is -2.46. The van der Waals surface area contributed by atoms with E-state index in [1.807, 2.05) is 6.07 Å². The normalized spacial score (nSPS) is 21.8. The zero-order valence-corrected chi connectivity index (χ0v) is 30.6. The van der Waals surface area contributed by atoms with Crippen molar-refractivity contribution in [3.63, 3.8) is 0 Å². The number of nitrogens with two attached hydrogens (primary N) is 2. The molecule has 13 heteroatoms. The first-order valence-electron chi connectivity index (χ1n) is 17.9. The highest BCUT2D eigenvalue weighted by atomic mass is 16.6. The third kappa shape index (κ3) is 6.34. The number of phenolic OH excluding ortho intramolecular Hbond substituents is 2. The number of benzene rings is 2. The van der Waals surface area contributed by atoms with Gasteiger partial charge in [-0.25, -0.2) is 14.8 Å². The zero-order chi connectivity index (χ0) is 39.2. The van der Waals surface area contributed by atoms with Gasteiger partial charge in [0.25, 0.3) is 0 Å². The lowest BCUT2D eigenvalue weighted by molar-refractivity contribution is -0.158. The molecule has 0 radical (unpaired) electrons. The van der Waals surface area contributed by atoms with E-state index < -0.39 is 53.4 Å². The van der Waals surface area contributed by atoms with Crippen LogP contribution in [0.15, 0.2) is 87.9 Å². The van der Waals surface area contributed by atoms with E-state index in [1.165, 1.54) is 18.3 Å². The Hall–Kier alpha value is -6.18. The number of phenols is 2. The zero-order valence-electron chi connectivity index (χ0n) is 30.6. The number of aromatic hydroxyl groups is 2. The largest absolute Gasteiger partial charge is 0.508 e. The van der Waals surface area contributed by atoms with Crippen molar-refractivity contribution in [2.24, 2.45) is 0 Å². The number of aliphatic hydroxyl groups is 2. The Morgan fingerprint density at radius 1 is 1.11 bits per heavy atom. The predicted molar refractivity (Wildman–Crippen MR) is 205 cm³/mol. The van der Waals surface area contributed by atoms with Crippen molar-refractivity contribution in [3.8, 4) is 17.2 Å². The quantitative estimate of drug-likeness (QED) is 0.0869. The standard InChI is InChI=1S/C42H42N4O9/c1-4-22(2)40(52)54-31-18-29-36(51)33-30(50)17-26(20-47)53-38(33)34(37(29)55-41(31,3)13-10-23-8-9-32(43)46-19-23)35-27-12-15-45-39(44)28(27)11-14-42(35,21-48)24-6-5-7-25(49)16-24/h4-9,11-12,14-17,19,31,35,47-49,51H,10,13,18,20-21H2,1-3H3,(H2,43,46)(H2,44,45). The molecule has 8 N–H and O–H groups in total. The van der Waals surface area contributed by atoms with E-state index in [1.54, 1.807) is 69.5 Å². The molecule has 5 aromatic rings. The third-order valence-electron chi connectivity index (χ3n) is 11.0. The first-order valence-corrected chi connectivity index (χ1v) is 17.9. The molecule has 0 amide bonds. The van der Waals surface area contributed by atoms with Crippen molar-refractivity contribution in [1.29, 1.82) is 0 Å². The number of allylic oxidation sites excluding steroid dienone is 1. The summed E-state index contributed by atoms with van der Waals surface area (Å²) in [6.45, 7) is 4.02. The monoisotopic (exact) mass is 746 g/mol. The Bertz CT molecular complexity index is 2440. The van der Waals surface area contributed by atoms with Crippen LogP contribution >= 0.6 is 0 Å². The van der Waals surface area contributed by atoms with Crippen LogP contribution in [0.4, 0.5) is 11.6 Å². The second kappa shape index (κ2) is 14.2. The van der Waals surface area contributed by atoms with Crippen molar-refractivity contribution in [1.82, 2.24) is 9.97 Å². The number of hydrogen-bond acceptors (Lipinski definition) is 13. The molecule has 4 atom stereocenters. The van der Waals surface area contributed by atoms with Gasteiger partial charge in [0.05, 0.1) is 6.61 Å². The van der Waals surface area contributed by atoms with Crippen molar-refractivity contribution >= 4 is 34.7 Å². The number of hydrogen-bond donors (Lipinski definition) is 6. The molecule has 0 bridgehead atoms. The summed E-state index contributed by atoms with van der Waals surface area (Å²) in [5.41, 5.74) is 12.2. The first kappa shape index (κ1) is 37.1. The van der Waals surface area contributed by atoms with Crippen LogP contribution in [-0.2, 0) is 34.4 Å². The van der Waals surface area contributed by atoms with Gasteiger partial charge in [0.15, 0.2) is 5.43 Å². The molecule has 13 nitrogen and oxygen atoms in total. The van der Waals surface area contributed by atoms with Gasteiger partial charge in [-0.05, 0) is 74.6 Å². The average Bonchev–Trinajstić information content (AvgIpc) is 3.18.